The molecule has 1 saturated heterocycles. The molecule has 8 nitrogen and oxygen atoms in total. The number of aliphatic hydroxyl groups is 1. The number of carbonyl (C=O) groups is 3. The standard InChI is InChI=1S/C22H27ClN2O6S/c1-2-30-18-10-14(4-3-5-15(27)13-26)6-7-17(18)25-12-16(31-22(25)29)11-24-21(28)19-8-9-20(23)32-19/h8-10,16,26H,2-7,11-13H2,1H3,(H,24,28). The number of hydrogen-bond acceptors (Lipinski definition) is 7. The number of nitrogens with zero attached hydrogens (tertiary/aromatic N) is 1. The van der Waals surface area contributed by atoms with Gasteiger partial charge in [0.25, 0.3) is 5.91 Å². The Kier molecular flexibility index (Phi) is 8.72. The summed E-state index contributed by atoms with van der Waals surface area (Å²) in [5.74, 6) is 0.218. The summed E-state index contributed by atoms with van der Waals surface area (Å²) in [5.41, 5.74) is 1.92. The molecule has 32 heavy (non-hydrogen) atoms. The molecule has 1 fully saturated rings. The fraction of sp³-hybridized carbons (Fsp3) is 0.500. The van der Waals surface area contributed by atoms with Gasteiger partial charge < -0.3 is 19.9 Å². The summed E-state index contributed by atoms with van der Waals surface area (Å²) in [4.78, 5) is 38.1. The first-order valence-corrected chi connectivity index (χ1v) is 11.8. The van der Waals surface area contributed by atoms with Gasteiger partial charge in [-0.1, -0.05) is 17.2 Å². The van der Waals surface area contributed by atoms with Crippen molar-refractivity contribution in [2.75, 3.05) is 26.3 Å². The molecule has 2 amide bonds. The Morgan fingerprint density at radius 3 is 2.88 bits per heavy atom. The lowest BCUT2D eigenvalue weighted by Crippen LogP contribution is -2.34. The van der Waals surface area contributed by atoms with Crippen LogP contribution in [0.1, 0.15) is 48.7 Å². The predicted molar refractivity (Wildman–Crippen MR) is 121 cm³/mol. The summed E-state index contributed by atoms with van der Waals surface area (Å²) in [6, 6.07) is 3.32. The number of ketones is 1. The molecule has 3 rings (SSSR count). The van der Waals surface area contributed by atoms with E-state index in [9.17, 15) is 14.4 Å². The summed E-state index contributed by atoms with van der Waals surface area (Å²) in [6.07, 6.45) is 4.14. The Balaban J connectivity index is 1.60. The van der Waals surface area contributed by atoms with E-state index in [-0.39, 0.29) is 18.2 Å². The molecule has 1 aromatic heterocycles. The molecule has 2 aliphatic rings. The highest BCUT2D eigenvalue weighted by atomic mass is 35.5. The Morgan fingerprint density at radius 1 is 1.38 bits per heavy atom. The maximum absolute atomic E-state index is 12.5. The van der Waals surface area contributed by atoms with E-state index in [1.165, 1.54) is 11.3 Å². The molecular weight excluding hydrogens is 456 g/mol. The van der Waals surface area contributed by atoms with Crippen LogP contribution in [0.4, 0.5) is 4.79 Å². The van der Waals surface area contributed by atoms with Crippen LogP contribution in [-0.2, 0) is 14.3 Å². The van der Waals surface area contributed by atoms with Gasteiger partial charge in [0.1, 0.15) is 18.5 Å². The van der Waals surface area contributed by atoms with E-state index in [0.717, 1.165) is 24.1 Å². The molecule has 0 aromatic carbocycles. The highest BCUT2D eigenvalue weighted by Gasteiger charge is 2.36. The van der Waals surface area contributed by atoms with Gasteiger partial charge in [0.05, 0.1) is 34.6 Å². The second-order valence-corrected chi connectivity index (χ2v) is 9.24. The largest absolute Gasteiger partial charge is 0.492 e. The quantitative estimate of drug-likeness (QED) is 0.498. The number of halogens is 1. The second kappa shape index (κ2) is 11.5. The molecule has 174 valence electrons. The van der Waals surface area contributed by atoms with E-state index in [0.29, 0.717) is 47.4 Å². The summed E-state index contributed by atoms with van der Waals surface area (Å²) >= 11 is 7.06. The van der Waals surface area contributed by atoms with Crippen LogP contribution < -0.4 is 5.32 Å². The molecule has 0 bridgehead atoms. The molecule has 1 aliphatic heterocycles. The van der Waals surface area contributed by atoms with E-state index < -0.39 is 18.8 Å². The number of Topliss-reactive ketones (excluding diaryl/α,β-unsaturated/α-hetero) is 1. The number of nitrogens with one attached hydrogen (secondary N) is 1. The number of aliphatic hydroxyl groups excluding tert-OH is 1. The lowest BCUT2D eigenvalue weighted by molar-refractivity contribution is -0.121. The third-order valence-corrected chi connectivity index (χ3v) is 6.45. The number of amides is 2. The minimum Gasteiger partial charge on any atom is -0.492 e. The van der Waals surface area contributed by atoms with Crippen molar-refractivity contribution in [3.8, 4) is 0 Å². The predicted octanol–water partition coefficient (Wildman–Crippen LogP) is 3.65. The van der Waals surface area contributed by atoms with Crippen LogP contribution in [0.3, 0.4) is 0 Å². The molecule has 1 unspecified atom stereocenters. The number of carbonyl (C=O) groups excluding carboxylic acids is 3. The number of rotatable bonds is 11. The number of allylic oxidation sites excluding steroid dienone is 3. The minimum atomic E-state index is -0.466. The molecule has 2 N–H and O–H groups in total. The van der Waals surface area contributed by atoms with E-state index in [4.69, 9.17) is 26.2 Å². The molecule has 0 spiro atoms. The van der Waals surface area contributed by atoms with Gasteiger partial charge >= 0.3 is 6.09 Å². The smallest absolute Gasteiger partial charge is 0.414 e. The summed E-state index contributed by atoms with van der Waals surface area (Å²) in [5, 5.41) is 11.6. The number of cyclic esters (lactones) is 1. The number of hydrogen-bond donors (Lipinski definition) is 2. The van der Waals surface area contributed by atoms with E-state index >= 15 is 0 Å². The van der Waals surface area contributed by atoms with Crippen molar-refractivity contribution in [1.29, 1.82) is 0 Å². The summed E-state index contributed by atoms with van der Waals surface area (Å²) < 4.78 is 11.8. The van der Waals surface area contributed by atoms with Gasteiger partial charge in [-0.3, -0.25) is 14.5 Å². The molecule has 2 heterocycles. The Hall–Kier alpha value is -2.36. The van der Waals surface area contributed by atoms with Crippen LogP contribution >= 0.6 is 22.9 Å². The molecule has 1 atom stereocenters. The van der Waals surface area contributed by atoms with Gasteiger partial charge in [0.15, 0.2) is 5.78 Å². The maximum Gasteiger partial charge on any atom is 0.414 e. The van der Waals surface area contributed by atoms with Crippen LogP contribution in [0.2, 0.25) is 4.34 Å². The van der Waals surface area contributed by atoms with Gasteiger partial charge in [0.2, 0.25) is 0 Å². The Labute approximate surface area is 195 Å². The van der Waals surface area contributed by atoms with Gasteiger partial charge in [-0.05, 0) is 50.8 Å². The average molecular weight is 483 g/mol. The first-order valence-electron chi connectivity index (χ1n) is 10.6. The van der Waals surface area contributed by atoms with Crippen molar-refractivity contribution in [2.45, 2.75) is 45.1 Å². The van der Waals surface area contributed by atoms with Crippen LogP contribution in [0.15, 0.2) is 35.2 Å². The molecule has 0 radical (unpaired) electrons. The lowest BCUT2D eigenvalue weighted by Gasteiger charge is -2.25. The van der Waals surface area contributed by atoms with Crippen molar-refractivity contribution >= 4 is 40.7 Å². The van der Waals surface area contributed by atoms with Crippen molar-refractivity contribution in [3.05, 3.63) is 44.5 Å². The maximum atomic E-state index is 12.5. The van der Waals surface area contributed by atoms with Gasteiger partial charge in [-0.25, -0.2) is 4.79 Å². The van der Waals surface area contributed by atoms with Crippen molar-refractivity contribution < 1.29 is 29.0 Å². The van der Waals surface area contributed by atoms with Crippen LogP contribution in [0, 0.1) is 0 Å². The minimum absolute atomic E-state index is 0.164. The first kappa shape index (κ1) is 24.3. The SMILES string of the molecule is CCOC1=C(N2CC(CNC(=O)c3ccc(Cl)s3)OC2=O)CCC(CCCC(=O)CO)=C1. The number of ether oxygens (including phenoxy) is 2. The average Bonchev–Trinajstić information content (AvgIpc) is 3.38. The van der Waals surface area contributed by atoms with Crippen LogP contribution in [0.5, 0.6) is 0 Å². The normalized spacial score (nSPS) is 18.5. The third kappa shape index (κ3) is 6.34. The monoisotopic (exact) mass is 482 g/mol. The fourth-order valence-electron chi connectivity index (χ4n) is 3.66. The zero-order valence-corrected chi connectivity index (χ0v) is 19.5. The van der Waals surface area contributed by atoms with Gasteiger partial charge in [0, 0.05) is 6.42 Å². The zero-order chi connectivity index (χ0) is 23.1. The molecule has 0 saturated carbocycles. The fourth-order valence-corrected chi connectivity index (χ4v) is 4.62. The molecule has 1 aliphatic carbocycles. The van der Waals surface area contributed by atoms with E-state index in [1.54, 1.807) is 17.0 Å². The molecular formula is C22H27ClN2O6S. The molecule has 10 heteroatoms. The van der Waals surface area contributed by atoms with Crippen molar-refractivity contribution in [2.24, 2.45) is 0 Å². The van der Waals surface area contributed by atoms with Gasteiger partial charge in [-0.15, -0.1) is 11.3 Å². The summed E-state index contributed by atoms with van der Waals surface area (Å²) in [6.45, 7) is 2.44. The third-order valence-electron chi connectivity index (χ3n) is 5.22. The first-order chi connectivity index (χ1) is 15.4. The zero-order valence-electron chi connectivity index (χ0n) is 17.9. The lowest BCUT2D eigenvalue weighted by atomic mass is 9.95. The van der Waals surface area contributed by atoms with E-state index in [2.05, 4.69) is 5.32 Å². The topological polar surface area (TPSA) is 105 Å². The Bertz CT molecular complexity index is 925. The van der Waals surface area contributed by atoms with E-state index in [1.807, 2.05) is 13.0 Å². The summed E-state index contributed by atoms with van der Waals surface area (Å²) in [7, 11) is 0. The highest BCUT2D eigenvalue weighted by molar-refractivity contribution is 7.17. The molecule has 1 aromatic rings. The van der Waals surface area contributed by atoms with Crippen LogP contribution in [0.25, 0.3) is 0 Å². The number of thiophene rings is 1. The second-order valence-electron chi connectivity index (χ2n) is 7.53. The van der Waals surface area contributed by atoms with Crippen molar-refractivity contribution in [1.82, 2.24) is 10.2 Å². The Morgan fingerprint density at radius 2 is 2.19 bits per heavy atom. The van der Waals surface area contributed by atoms with Crippen LogP contribution in [-0.4, -0.2) is 60.2 Å². The van der Waals surface area contributed by atoms with Gasteiger partial charge in [-0.2, -0.15) is 0 Å². The van der Waals surface area contributed by atoms with Crippen molar-refractivity contribution in [3.63, 3.8) is 0 Å². The highest BCUT2D eigenvalue weighted by Crippen LogP contribution is 2.32.